The molecular formula is C24H27BN8. The van der Waals surface area contributed by atoms with Gasteiger partial charge in [-0.3, -0.25) is 4.98 Å². The van der Waals surface area contributed by atoms with Crippen LogP contribution in [0.25, 0.3) is 21.9 Å². The van der Waals surface area contributed by atoms with Gasteiger partial charge in [0, 0.05) is 55.4 Å². The average molecular weight is 438 g/mol. The van der Waals surface area contributed by atoms with Crippen LogP contribution in [0.1, 0.15) is 37.3 Å². The fourth-order valence-electron chi connectivity index (χ4n) is 5.21. The predicted octanol–water partition coefficient (Wildman–Crippen LogP) is 3.75. The summed E-state index contributed by atoms with van der Waals surface area (Å²) in [6, 6.07) is 4.69. The summed E-state index contributed by atoms with van der Waals surface area (Å²) < 4.78 is 2.37. The van der Waals surface area contributed by atoms with Gasteiger partial charge in [-0.15, -0.1) is 0 Å². The van der Waals surface area contributed by atoms with Crippen molar-refractivity contribution in [2.24, 2.45) is 0 Å². The minimum absolute atomic E-state index is 0.463. The van der Waals surface area contributed by atoms with Crippen LogP contribution in [-0.4, -0.2) is 63.5 Å². The van der Waals surface area contributed by atoms with Crippen LogP contribution >= 0.6 is 0 Å². The van der Waals surface area contributed by atoms with E-state index in [2.05, 4.69) is 43.8 Å². The van der Waals surface area contributed by atoms with Crippen LogP contribution in [0.2, 0.25) is 0 Å². The summed E-state index contributed by atoms with van der Waals surface area (Å²) in [6.07, 6.45) is 12.5. The third kappa shape index (κ3) is 3.70. The van der Waals surface area contributed by atoms with E-state index in [1.54, 1.807) is 0 Å². The third-order valence-corrected chi connectivity index (χ3v) is 7.01. The Morgan fingerprint density at radius 2 is 1.82 bits per heavy atom. The molecule has 0 bridgehead atoms. The van der Waals surface area contributed by atoms with Gasteiger partial charge >= 0.3 is 0 Å². The molecular weight excluding hydrogens is 411 g/mol. The van der Waals surface area contributed by atoms with Gasteiger partial charge in [0.25, 0.3) is 0 Å². The van der Waals surface area contributed by atoms with Gasteiger partial charge in [0.15, 0.2) is 7.98 Å². The normalized spacial score (nSPS) is 17.9. The van der Waals surface area contributed by atoms with Crippen molar-refractivity contribution >= 4 is 47.4 Å². The van der Waals surface area contributed by atoms with Crippen molar-refractivity contribution in [3.8, 4) is 0 Å². The lowest BCUT2D eigenvalue weighted by Gasteiger charge is -2.34. The molecule has 1 saturated heterocycles. The van der Waals surface area contributed by atoms with Crippen molar-refractivity contribution in [3.63, 3.8) is 0 Å². The van der Waals surface area contributed by atoms with Crippen LogP contribution in [-0.2, 0) is 0 Å². The fourth-order valence-corrected chi connectivity index (χ4v) is 5.21. The van der Waals surface area contributed by atoms with Gasteiger partial charge in [-0.2, -0.15) is 4.98 Å². The van der Waals surface area contributed by atoms with E-state index >= 15 is 0 Å². The van der Waals surface area contributed by atoms with Crippen molar-refractivity contribution in [2.45, 2.75) is 38.6 Å². The van der Waals surface area contributed by atoms with Gasteiger partial charge in [0.2, 0.25) is 5.95 Å². The number of nitrogens with one attached hydrogen (secondary N) is 1. The zero-order chi connectivity index (χ0) is 22.4. The summed E-state index contributed by atoms with van der Waals surface area (Å²) in [5.74, 6) is 1.35. The van der Waals surface area contributed by atoms with E-state index in [1.807, 2.05) is 29.6 Å². The van der Waals surface area contributed by atoms with E-state index in [9.17, 15) is 0 Å². The Morgan fingerprint density at radius 3 is 2.61 bits per heavy atom. The second-order valence-electron chi connectivity index (χ2n) is 9.14. The highest BCUT2D eigenvalue weighted by Gasteiger charge is 2.23. The van der Waals surface area contributed by atoms with Gasteiger partial charge in [-0.05, 0) is 37.5 Å². The second kappa shape index (κ2) is 8.30. The number of pyridine rings is 2. The zero-order valence-electron chi connectivity index (χ0n) is 18.9. The lowest BCUT2D eigenvalue weighted by Crippen LogP contribution is -2.45. The summed E-state index contributed by atoms with van der Waals surface area (Å²) in [6.45, 7) is 5.60. The highest BCUT2D eigenvalue weighted by molar-refractivity contribution is 6.06. The Kier molecular flexibility index (Phi) is 5.13. The molecule has 1 saturated carbocycles. The predicted molar refractivity (Wildman–Crippen MR) is 132 cm³/mol. The SMILES string of the molecule is [B]N1CCN(c2cnc(Nc3ncc4c5ccncc5n(C5CCCC5)c4n3)c(C)c2)CC1. The minimum Gasteiger partial charge on any atom is -0.368 e. The molecule has 0 spiro atoms. The maximum atomic E-state index is 5.89. The van der Waals surface area contributed by atoms with Crippen molar-refractivity contribution in [2.75, 3.05) is 36.4 Å². The number of aromatic nitrogens is 5. The first-order chi connectivity index (χ1) is 16.2. The lowest BCUT2D eigenvalue weighted by molar-refractivity contribution is 0.415. The summed E-state index contributed by atoms with van der Waals surface area (Å²) in [5, 5.41) is 5.59. The van der Waals surface area contributed by atoms with Gasteiger partial charge < -0.3 is 19.6 Å². The quantitative estimate of drug-likeness (QED) is 0.487. The standard InChI is InChI=1S/C24H27BN8/c1-16-12-18(31-8-10-32(25)11-9-31)13-27-22(16)29-24-28-14-20-19-6-7-26-15-21(19)33(23(20)30-24)17-4-2-3-5-17/h6-7,12-15,17H,2-5,8-11H2,1H3,(H,27,28,29,30). The first-order valence-electron chi connectivity index (χ1n) is 11.8. The molecule has 1 aliphatic carbocycles. The number of hydrogen-bond acceptors (Lipinski definition) is 7. The molecule has 166 valence electrons. The molecule has 1 aliphatic heterocycles. The summed E-state index contributed by atoms with van der Waals surface area (Å²) >= 11 is 0. The molecule has 0 unspecified atom stereocenters. The van der Waals surface area contributed by atoms with E-state index in [4.69, 9.17) is 17.9 Å². The van der Waals surface area contributed by atoms with Gasteiger partial charge in [0.1, 0.15) is 11.5 Å². The highest BCUT2D eigenvalue weighted by atomic mass is 15.2. The maximum absolute atomic E-state index is 5.89. The number of aryl methyl sites for hydroxylation is 1. The van der Waals surface area contributed by atoms with Crippen LogP contribution in [0.15, 0.2) is 36.9 Å². The van der Waals surface area contributed by atoms with Crippen LogP contribution in [0.4, 0.5) is 17.5 Å². The van der Waals surface area contributed by atoms with Crippen LogP contribution < -0.4 is 10.2 Å². The molecule has 9 heteroatoms. The molecule has 0 amide bonds. The first kappa shape index (κ1) is 20.4. The van der Waals surface area contributed by atoms with Gasteiger partial charge in [0.05, 0.1) is 23.6 Å². The smallest absolute Gasteiger partial charge is 0.230 e. The van der Waals surface area contributed by atoms with Gasteiger partial charge in [-0.25, -0.2) is 9.97 Å². The number of piperazine rings is 1. The molecule has 0 aromatic carbocycles. The molecule has 2 radical (unpaired) electrons. The molecule has 33 heavy (non-hydrogen) atoms. The third-order valence-electron chi connectivity index (χ3n) is 7.01. The number of anilines is 3. The van der Waals surface area contributed by atoms with Gasteiger partial charge in [-0.1, -0.05) is 12.8 Å². The Morgan fingerprint density at radius 1 is 1.00 bits per heavy atom. The molecule has 2 fully saturated rings. The minimum atomic E-state index is 0.463. The molecule has 6 rings (SSSR count). The van der Waals surface area contributed by atoms with Crippen molar-refractivity contribution in [3.05, 3.63) is 42.5 Å². The fraction of sp³-hybridized carbons (Fsp3) is 0.417. The molecule has 5 heterocycles. The number of hydrogen-bond donors (Lipinski definition) is 1. The Bertz CT molecular complexity index is 1300. The largest absolute Gasteiger partial charge is 0.368 e. The highest BCUT2D eigenvalue weighted by Crippen LogP contribution is 2.37. The Balaban J connectivity index is 1.33. The zero-order valence-corrected chi connectivity index (χ0v) is 18.9. The summed E-state index contributed by atoms with van der Waals surface area (Å²) in [5.41, 5.74) is 4.29. The van der Waals surface area contributed by atoms with Crippen molar-refractivity contribution in [1.29, 1.82) is 0 Å². The molecule has 8 nitrogen and oxygen atoms in total. The van der Waals surface area contributed by atoms with Crippen molar-refractivity contribution < 1.29 is 0 Å². The van der Waals surface area contributed by atoms with E-state index in [1.165, 1.54) is 25.7 Å². The van der Waals surface area contributed by atoms with Crippen LogP contribution in [0.5, 0.6) is 0 Å². The number of rotatable bonds is 4. The molecule has 4 aromatic rings. The summed E-state index contributed by atoms with van der Waals surface area (Å²) in [7, 11) is 5.89. The Labute approximate surface area is 194 Å². The number of fused-ring (bicyclic) bond motifs is 3. The molecule has 0 atom stereocenters. The van der Waals surface area contributed by atoms with E-state index < -0.39 is 0 Å². The summed E-state index contributed by atoms with van der Waals surface area (Å²) in [4.78, 5) is 22.9. The Hall–Kier alpha value is -3.20. The van der Waals surface area contributed by atoms with E-state index in [0.29, 0.717) is 12.0 Å². The monoisotopic (exact) mass is 438 g/mol. The topological polar surface area (TPSA) is 75.0 Å². The first-order valence-corrected chi connectivity index (χ1v) is 11.8. The second-order valence-corrected chi connectivity index (χ2v) is 9.14. The van der Waals surface area contributed by atoms with E-state index in [-0.39, 0.29) is 0 Å². The van der Waals surface area contributed by atoms with Crippen LogP contribution in [0.3, 0.4) is 0 Å². The molecule has 1 N–H and O–H groups in total. The number of nitrogens with zero attached hydrogens (tertiary/aromatic N) is 7. The molecule has 4 aromatic heterocycles. The lowest BCUT2D eigenvalue weighted by atomic mass is 10.2. The van der Waals surface area contributed by atoms with E-state index in [0.717, 1.165) is 65.2 Å². The average Bonchev–Trinajstić information content (AvgIpc) is 3.46. The van der Waals surface area contributed by atoms with Crippen molar-refractivity contribution in [1.82, 2.24) is 29.3 Å². The van der Waals surface area contributed by atoms with Crippen LogP contribution in [0, 0.1) is 6.92 Å². The maximum Gasteiger partial charge on any atom is 0.230 e. The molecule has 2 aliphatic rings.